The van der Waals surface area contributed by atoms with Crippen LogP contribution >= 0.6 is 0 Å². The zero-order chi connectivity index (χ0) is 14.6. The molecule has 0 amide bonds. The van der Waals surface area contributed by atoms with Gasteiger partial charge in [-0.15, -0.1) is 0 Å². The monoisotopic (exact) mass is 278 g/mol. The lowest BCUT2D eigenvalue weighted by molar-refractivity contribution is -0.319. The highest BCUT2D eigenvalue weighted by molar-refractivity contribution is 4.96. The van der Waals surface area contributed by atoms with Crippen molar-refractivity contribution in [1.82, 2.24) is 0 Å². The summed E-state index contributed by atoms with van der Waals surface area (Å²) >= 11 is 0. The highest BCUT2D eigenvalue weighted by Gasteiger charge is 2.50. The Morgan fingerprint density at radius 2 is 1.95 bits per heavy atom. The van der Waals surface area contributed by atoms with Crippen LogP contribution in [0.25, 0.3) is 0 Å². The summed E-state index contributed by atoms with van der Waals surface area (Å²) in [6.45, 7) is 5.80. The number of ether oxygens (including phenoxy) is 3. The van der Waals surface area contributed by atoms with E-state index in [1.54, 1.807) is 6.92 Å². The second kappa shape index (κ2) is 6.97. The van der Waals surface area contributed by atoms with Crippen LogP contribution in [0, 0.1) is 5.92 Å². The second-order valence-corrected chi connectivity index (χ2v) is 5.39. The van der Waals surface area contributed by atoms with Gasteiger partial charge in [-0.2, -0.15) is 0 Å². The van der Waals surface area contributed by atoms with E-state index in [4.69, 9.17) is 14.2 Å². The van der Waals surface area contributed by atoms with E-state index < -0.39 is 30.2 Å². The van der Waals surface area contributed by atoms with E-state index in [0.29, 0.717) is 6.42 Å². The highest BCUT2D eigenvalue weighted by atomic mass is 16.7. The molecule has 0 aromatic heterocycles. The van der Waals surface area contributed by atoms with Gasteiger partial charge in [-0.3, -0.25) is 0 Å². The van der Waals surface area contributed by atoms with E-state index in [2.05, 4.69) is 0 Å². The fourth-order valence-electron chi connectivity index (χ4n) is 2.62. The molecule has 1 heterocycles. The van der Waals surface area contributed by atoms with Gasteiger partial charge in [0.15, 0.2) is 6.29 Å². The van der Waals surface area contributed by atoms with Crippen molar-refractivity contribution in [2.45, 2.75) is 57.4 Å². The summed E-state index contributed by atoms with van der Waals surface area (Å²) in [5.74, 6) is -0.261. The standard InChI is InChI=1S/C13H26O6/c1-5-9-10(15)11(16)12(17-4)19-13(9,3)7-18-6-8(2)14/h8-12,14-16H,5-7H2,1-4H3. The van der Waals surface area contributed by atoms with E-state index in [1.807, 2.05) is 13.8 Å². The van der Waals surface area contributed by atoms with Crippen LogP contribution in [0.15, 0.2) is 0 Å². The summed E-state index contributed by atoms with van der Waals surface area (Å²) in [6, 6.07) is 0. The summed E-state index contributed by atoms with van der Waals surface area (Å²) in [5, 5.41) is 29.3. The van der Waals surface area contributed by atoms with E-state index in [1.165, 1.54) is 7.11 Å². The third kappa shape index (κ3) is 3.87. The normalized spacial score (nSPS) is 41.2. The number of rotatable bonds is 6. The predicted octanol–water partition coefficient (Wildman–Crippen LogP) is -0.107. The lowest BCUT2D eigenvalue weighted by atomic mass is 9.78. The maximum absolute atomic E-state index is 10.2. The molecule has 6 heteroatoms. The molecule has 0 aromatic rings. The van der Waals surface area contributed by atoms with Crippen LogP contribution in [-0.2, 0) is 14.2 Å². The molecule has 1 saturated heterocycles. The minimum atomic E-state index is -1.07. The molecule has 1 aliphatic rings. The molecule has 6 nitrogen and oxygen atoms in total. The summed E-state index contributed by atoms with van der Waals surface area (Å²) in [6.07, 6.45) is -2.79. The van der Waals surface area contributed by atoms with Gasteiger partial charge < -0.3 is 29.5 Å². The maximum Gasteiger partial charge on any atom is 0.186 e. The van der Waals surface area contributed by atoms with Crippen LogP contribution < -0.4 is 0 Å². The molecule has 0 aliphatic carbocycles. The van der Waals surface area contributed by atoms with Crippen molar-refractivity contribution in [2.24, 2.45) is 5.92 Å². The smallest absolute Gasteiger partial charge is 0.186 e. The summed E-state index contributed by atoms with van der Waals surface area (Å²) in [5.41, 5.74) is -0.761. The topological polar surface area (TPSA) is 88.4 Å². The first-order valence-corrected chi connectivity index (χ1v) is 6.68. The number of hydrogen-bond donors (Lipinski definition) is 3. The lowest BCUT2D eigenvalue weighted by Gasteiger charge is -2.48. The average Bonchev–Trinajstić information content (AvgIpc) is 2.34. The lowest BCUT2D eigenvalue weighted by Crippen LogP contribution is -2.62. The van der Waals surface area contributed by atoms with Gasteiger partial charge in [-0.25, -0.2) is 0 Å². The molecule has 6 atom stereocenters. The van der Waals surface area contributed by atoms with Crippen LogP contribution in [0.1, 0.15) is 27.2 Å². The minimum absolute atomic E-state index is 0.200. The Morgan fingerprint density at radius 3 is 2.42 bits per heavy atom. The third-order valence-corrected chi connectivity index (χ3v) is 3.63. The highest BCUT2D eigenvalue weighted by Crippen LogP contribution is 2.37. The number of aliphatic hydroxyl groups is 3. The second-order valence-electron chi connectivity index (χ2n) is 5.39. The number of hydrogen-bond acceptors (Lipinski definition) is 6. The molecule has 0 radical (unpaired) electrons. The SMILES string of the molecule is CCC1C(O)C(O)C(OC)OC1(C)COCC(C)O. The van der Waals surface area contributed by atoms with Crippen LogP contribution in [-0.4, -0.2) is 65.8 Å². The molecule has 114 valence electrons. The van der Waals surface area contributed by atoms with Crippen molar-refractivity contribution >= 4 is 0 Å². The molecule has 0 saturated carbocycles. The van der Waals surface area contributed by atoms with Crippen LogP contribution in [0.5, 0.6) is 0 Å². The Morgan fingerprint density at radius 1 is 1.32 bits per heavy atom. The van der Waals surface area contributed by atoms with Crippen molar-refractivity contribution < 1.29 is 29.5 Å². The van der Waals surface area contributed by atoms with Crippen LogP contribution in [0.4, 0.5) is 0 Å². The molecule has 0 spiro atoms. The zero-order valence-electron chi connectivity index (χ0n) is 12.1. The molecule has 1 fully saturated rings. The van der Waals surface area contributed by atoms with Crippen molar-refractivity contribution in [3.05, 3.63) is 0 Å². The van der Waals surface area contributed by atoms with E-state index in [0.717, 1.165) is 0 Å². The molecular formula is C13H26O6. The summed E-state index contributed by atoms with van der Waals surface area (Å²) < 4.78 is 16.2. The molecule has 6 unspecified atom stereocenters. The van der Waals surface area contributed by atoms with Gasteiger partial charge in [0.2, 0.25) is 0 Å². The van der Waals surface area contributed by atoms with E-state index >= 15 is 0 Å². The molecule has 0 aromatic carbocycles. The predicted molar refractivity (Wildman–Crippen MR) is 68.6 cm³/mol. The Labute approximate surface area is 114 Å². The molecule has 3 N–H and O–H groups in total. The number of methoxy groups -OCH3 is 1. The number of aliphatic hydroxyl groups excluding tert-OH is 3. The molecule has 0 bridgehead atoms. The Bertz CT molecular complexity index is 272. The van der Waals surface area contributed by atoms with Gasteiger partial charge in [0, 0.05) is 13.0 Å². The summed E-state index contributed by atoms with van der Waals surface area (Å²) in [4.78, 5) is 0. The van der Waals surface area contributed by atoms with E-state index in [9.17, 15) is 15.3 Å². The van der Waals surface area contributed by atoms with Gasteiger partial charge in [-0.1, -0.05) is 6.92 Å². The van der Waals surface area contributed by atoms with E-state index in [-0.39, 0.29) is 19.1 Å². The minimum Gasteiger partial charge on any atom is -0.391 e. The molecular weight excluding hydrogens is 252 g/mol. The molecule has 1 rings (SSSR count). The van der Waals surface area contributed by atoms with Gasteiger partial charge in [0.25, 0.3) is 0 Å². The third-order valence-electron chi connectivity index (χ3n) is 3.63. The zero-order valence-corrected chi connectivity index (χ0v) is 12.1. The largest absolute Gasteiger partial charge is 0.391 e. The van der Waals surface area contributed by atoms with Gasteiger partial charge >= 0.3 is 0 Å². The van der Waals surface area contributed by atoms with Crippen LogP contribution in [0.3, 0.4) is 0 Å². The summed E-state index contributed by atoms with van der Waals surface area (Å²) in [7, 11) is 1.42. The maximum atomic E-state index is 10.2. The fourth-order valence-corrected chi connectivity index (χ4v) is 2.62. The van der Waals surface area contributed by atoms with Crippen molar-refractivity contribution in [1.29, 1.82) is 0 Å². The van der Waals surface area contributed by atoms with Gasteiger partial charge in [-0.05, 0) is 20.3 Å². The van der Waals surface area contributed by atoms with Gasteiger partial charge in [0.1, 0.15) is 6.10 Å². The van der Waals surface area contributed by atoms with Gasteiger partial charge in [0.05, 0.1) is 31.0 Å². The first-order chi connectivity index (χ1) is 8.85. The van der Waals surface area contributed by atoms with Crippen molar-refractivity contribution in [2.75, 3.05) is 20.3 Å². The molecule has 1 aliphatic heterocycles. The quantitative estimate of drug-likeness (QED) is 0.628. The fraction of sp³-hybridized carbons (Fsp3) is 1.00. The van der Waals surface area contributed by atoms with Crippen LogP contribution in [0.2, 0.25) is 0 Å². The Kier molecular flexibility index (Phi) is 6.16. The first kappa shape index (κ1) is 16.8. The Balaban J connectivity index is 2.75. The molecule has 19 heavy (non-hydrogen) atoms. The average molecular weight is 278 g/mol. The van der Waals surface area contributed by atoms with Crippen molar-refractivity contribution in [3.63, 3.8) is 0 Å². The Hall–Kier alpha value is -0.240. The first-order valence-electron chi connectivity index (χ1n) is 6.68. The van der Waals surface area contributed by atoms with Crippen molar-refractivity contribution in [3.8, 4) is 0 Å².